The summed E-state index contributed by atoms with van der Waals surface area (Å²) in [4.78, 5) is 33.1. The van der Waals surface area contributed by atoms with Gasteiger partial charge in [0, 0.05) is 6.54 Å². The second-order valence-corrected chi connectivity index (χ2v) is 8.27. The molecule has 8 heteroatoms. The van der Waals surface area contributed by atoms with Crippen LogP contribution < -0.4 is 5.43 Å². The molecule has 0 aliphatic rings. The molecule has 2 aromatic heterocycles. The Labute approximate surface area is 188 Å². The van der Waals surface area contributed by atoms with Gasteiger partial charge in [-0.15, -0.1) is 11.3 Å². The fourth-order valence-corrected chi connectivity index (χ4v) is 4.65. The first kappa shape index (κ1) is 22.0. The number of hydrogen-bond donors (Lipinski definition) is 1. The Morgan fingerprint density at radius 1 is 1.16 bits per heavy atom. The fourth-order valence-electron chi connectivity index (χ4n) is 3.64. The van der Waals surface area contributed by atoms with Crippen LogP contribution in [0.3, 0.4) is 0 Å². The monoisotopic (exact) mass is 452 g/mol. The van der Waals surface area contributed by atoms with E-state index >= 15 is 0 Å². The molecule has 0 aliphatic carbocycles. The molecule has 2 heterocycles. The summed E-state index contributed by atoms with van der Waals surface area (Å²) in [6.45, 7) is 7.73. The zero-order chi connectivity index (χ0) is 22.8. The van der Waals surface area contributed by atoms with Gasteiger partial charge in [-0.25, -0.2) is 9.78 Å². The molecule has 0 amide bonds. The average Bonchev–Trinajstić information content (AvgIpc) is 3.22. The summed E-state index contributed by atoms with van der Waals surface area (Å²) in [5.41, 5.74) is 1.08. The van der Waals surface area contributed by atoms with Gasteiger partial charge in [-0.1, -0.05) is 26.0 Å². The van der Waals surface area contributed by atoms with Crippen molar-refractivity contribution < 1.29 is 19.1 Å². The summed E-state index contributed by atoms with van der Waals surface area (Å²) in [5, 5.41) is 11.2. The minimum Gasteiger partial charge on any atom is -0.507 e. The third-order valence-electron chi connectivity index (χ3n) is 5.38. The van der Waals surface area contributed by atoms with E-state index in [1.807, 2.05) is 38.1 Å². The Hall–Kier alpha value is -3.23. The molecule has 0 bridgehead atoms. The highest BCUT2D eigenvalue weighted by molar-refractivity contribution is 7.21. The third-order valence-corrected chi connectivity index (χ3v) is 6.44. The van der Waals surface area contributed by atoms with Gasteiger partial charge in [0.15, 0.2) is 0 Å². The number of aromatic hydroxyl groups is 1. The molecule has 2 aromatic carbocycles. The minimum atomic E-state index is -0.738. The fraction of sp³-hybridized carbons (Fsp3) is 0.292. The second-order valence-electron chi connectivity index (χ2n) is 7.24. The van der Waals surface area contributed by atoms with Crippen molar-refractivity contribution in [1.82, 2.24) is 9.88 Å². The largest absolute Gasteiger partial charge is 0.507 e. The quantitative estimate of drug-likeness (QED) is 0.403. The van der Waals surface area contributed by atoms with E-state index in [9.17, 15) is 14.7 Å². The number of para-hydroxylation sites is 1. The maximum atomic E-state index is 13.6. The van der Waals surface area contributed by atoms with Crippen molar-refractivity contribution >= 4 is 38.5 Å². The van der Waals surface area contributed by atoms with E-state index < -0.39 is 5.97 Å². The average molecular weight is 453 g/mol. The van der Waals surface area contributed by atoms with E-state index in [1.54, 1.807) is 6.92 Å². The first-order chi connectivity index (χ1) is 15.5. The van der Waals surface area contributed by atoms with Crippen molar-refractivity contribution in [3.8, 4) is 16.3 Å². The Balaban J connectivity index is 2.02. The summed E-state index contributed by atoms with van der Waals surface area (Å²) in [6.07, 6.45) is 0. The number of carbonyl (C=O) groups is 1. The summed E-state index contributed by atoms with van der Waals surface area (Å²) < 4.78 is 12.1. The van der Waals surface area contributed by atoms with Crippen molar-refractivity contribution in [2.75, 3.05) is 19.7 Å². The van der Waals surface area contributed by atoms with E-state index in [-0.39, 0.29) is 40.1 Å². The standard InChI is InChI=1S/C24H24N2O5S/c1-4-26(5-2)13-15-17(27)12-11-14-20(28)19(22(31-21(14)15)24(29)30-6-3)23-25-16-9-7-8-10-18(16)32-23/h7-12,27H,4-6,13H2,1-3H3. The summed E-state index contributed by atoms with van der Waals surface area (Å²) >= 11 is 1.31. The zero-order valence-electron chi connectivity index (χ0n) is 18.2. The van der Waals surface area contributed by atoms with E-state index in [0.29, 0.717) is 17.1 Å². The number of esters is 1. The Kier molecular flexibility index (Phi) is 6.25. The highest BCUT2D eigenvalue weighted by Crippen LogP contribution is 2.35. The molecule has 0 atom stereocenters. The molecule has 0 saturated carbocycles. The lowest BCUT2D eigenvalue weighted by atomic mass is 10.1. The number of rotatable bonds is 7. The number of aromatic nitrogens is 1. The van der Waals surface area contributed by atoms with Crippen LogP contribution in [0.25, 0.3) is 31.8 Å². The smallest absolute Gasteiger partial charge is 0.375 e. The number of thiazole rings is 1. The number of carbonyl (C=O) groups excluding carboxylic acids is 1. The van der Waals surface area contributed by atoms with E-state index in [4.69, 9.17) is 9.15 Å². The topological polar surface area (TPSA) is 92.9 Å². The molecule has 4 aromatic rings. The predicted octanol–water partition coefficient (Wildman–Crippen LogP) is 4.79. The maximum Gasteiger partial charge on any atom is 0.375 e. The third kappa shape index (κ3) is 3.87. The molecular formula is C24H24N2O5S. The Bertz CT molecular complexity index is 1320. The number of fused-ring (bicyclic) bond motifs is 2. The number of phenolic OH excluding ortho intramolecular Hbond substituents is 1. The van der Waals surface area contributed by atoms with Gasteiger partial charge in [0.05, 0.1) is 27.8 Å². The highest BCUT2D eigenvalue weighted by Gasteiger charge is 2.27. The molecule has 1 N–H and O–H groups in total. The summed E-state index contributed by atoms with van der Waals surface area (Å²) in [7, 11) is 0. The van der Waals surface area contributed by atoms with Gasteiger partial charge in [-0.3, -0.25) is 9.69 Å². The van der Waals surface area contributed by atoms with Gasteiger partial charge in [0.2, 0.25) is 11.2 Å². The molecule has 7 nitrogen and oxygen atoms in total. The summed E-state index contributed by atoms with van der Waals surface area (Å²) in [5.74, 6) is -0.928. The molecule has 4 rings (SSSR count). The van der Waals surface area contributed by atoms with Crippen LogP contribution in [0.1, 0.15) is 36.9 Å². The Morgan fingerprint density at radius 3 is 2.59 bits per heavy atom. The Morgan fingerprint density at radius 2 is 1.91 bits per heavy atom. The van der Waals surface area contributed by atoms with Crippen molar-refractivity contribution in [1.29, 1.82) is 0 Å². The predicted molar refractivity (Wildman–Crippen MR) is 125 cm³/mol. The number of hydrogen-bond acceptors (Lipinski definition) is 8. The molecule has 32 heavy (non-hydrogen) atoms. The van der Waals surface area contributed by atoms with Gasteiger partial charge in [0.1, 0.15) is 21.9 Å². The van der Waals surface area contributed by atoms with Gasteiger partial charge >= 0.3 is 5.97 Å². The highest BCUT2D eigenvalue weighted by atomic mass is 32.1. The van der Waals surface area contributed by atoms with Crippen LogP contribution in [0.2, 0.25) is 0 Å². The van der Waals surface area contributed by atoms with Crippen molar-refractivity contribution in [3.05, 3.63) is 57.9 Å². The van der Waals surface area contributed by atoms with Crippen LogP contribution in [0.15, 0.2) is 45.6 Å². The lowest BCUT2D eigenvalue weighted by Crippen LogP contribution is -2.23. The van der Waals surface area contributed by atoms with Gasteiger partial charge in [0.25, 0.3) is 0 Å². The van der Waals surface area contributed by atoms with Gasteiger partial charge in [-0.2, -0.15) is 0 Å². The van der Waals surface area contributed by atoms with Crippen LogP contribution in [0.4, 0.5) is 0 Å². The number of ether oxygens (including phenoxy) is 1. The van der Waals surface area contributed by atoms with Crippen molar-refractivity contribution in [3.63, 3.8) is 0 Å². The number of phenols is 1. The lowest BCUT2D eigenvalue weighted by molar-refractivity contribution is 0.0492. The van der Waals surface area contributed by atoms with Crippen LogP contribution in [-0.4, -0.2) is 40.7 Å². The molecule has 0 aliphatic heterocycles. The first-order valence-electron chi connectivity index (χ1n) is 10.5. The molecule has 0 radical (unpaired) electrons. The van der Waals surface area contributed by atoms with E-state index in [2.05, 4.69) is 9.88 Å². The van der Waals surface area contributed by atoms with E-state index in [0.717, 1.165) is 23.3 Å². The molecule has 0 saturated heterocycles. The van der Waals surface area contributed by atoms with Crippen molar-refractivity contribution in [2.24, 2.45) is 0 Å². The van der Waals surface area contributed by atoms with Gasteiger partial charge in [-0.05, 0) is 44.3 Å². The molecular weight excluding hydrogens is 428 g/mol. The normalized spacial score (nSPS) is 11.5. The van der Waals surface area contributed by atoms with Gasteiger partial charge < -0.3 is 14.3 Å². The van der Waals surface area contributed by atoms with Crippen LogP contribution in [-0.2, 0) is 11.3 Å². The molecule has 0 spiro atoms. The molecule has 0 unspecified atom stereocenters. The SMILES string of the molecule is CCOC(=O)c1oc2c(CN(CC)CC)c(O)ccc2c(=O)c1-c1nc2ccccc2s1. The van der Waals surface area contributed by atoms with Crippen molar-refractivity contribution in [2.45, 2.75) is 27.3 Å². The second kappa shape index (κ2) is 9.10. The maximum absolute atomic E-state index is 13.6. The lowest BCUT2D eigenvalue weighted by Gasteiger charge is -2.19. The van der Waals surface area contributed by atoms with Crippen LogP contribution in [0.5, 0.6) is 5.75 Å². The van der Waals surface area contributed by atoms with Crippen LogP contribution >= 0.6 is 11.3 Å². The minimum absolute atomic E-state index is 0.00935. The van der Waals surface area contributed by atoms with E-state index in [1.165, 1.54) is 23.5 Å². The molecule has 0 fully saturated rings. The number of benzene rings is 2. The zero-order valence-corrected chi connectivity index (χ0v) is 19.0. The first-order valence-corrected chi connectivity index (χ1v) is 11.4. The number of nitrogens with zero attached hydrogens (tertiary/aromatic N) is 2. The molecule has 166 valence electrons. The summed E-state index contributed by atoms with van der Waals surface area (Å²) in [6, 6.07) is 10.5. The van der Waals surface area contributed by atoms with Crippen LogP contribution in [0, 0.1) is 0 Å².